The van der Waals surface area contributed by atoms with Crippen molar-refractivity contribution in [3.05, 3.63) is 41.1 Å². The van der Waals surface area contributed by atoms with Crippen molar-refractivity contribution in [3.63, 3.8) is 0 Å². The monoisotopic (exact) mass is 313 g/mol. The number of carbonyl (C=O) groups is 2. The number of nitrogens with one attached hydrogen (secondary N) is 1. The fraction of sp³-hybridized carbons (Fsp3) is 0.333. The van der Waals surface area contributed by atoms with Crippen LogP contribution in [0.25, 0.3) is 0 Å². The number of benzene rings is 1. The molecule has 0 radical (unpaired) electrons. The zero-order valence-electron chi connectivity index (χ0n) is 12.5. The van der Waals surface area contributed by atoms with Crippen molar-refractivity contribution in [1.29, 1.82) is 0 Å². The van der Waals surface area contributed by atoms with E-state index >= 15 is 0 Å². The normalized spacial score (nSPS) is 9.86. The van der Waals surface area contributed by atoms with Crippen molar-refractivity contribution in [2.45, 2.75) is 20.8 Å². The Hall–Kier alpha value is -2.44. The minimum absolute atomic E-state index is 0.0690. The van der Waals surface area contributed by atoms with E-state index < -0.39 is 29.1 Å². The SMILES string of the molecule is CCOC(=O)C(=CNc1ccc(F)c(C)c1F)C(=O)OCC. The maximum absolute atomic E-state index is 13.8. The highest BCUT2D eigenvalue weighted by Crippen LogP contribution is 2.20. The van der Waals surface area contributed by atoms with Gasteiger partial charge in [-0.3, -0.25) is 0 Å². The highest BCUT2D eigenvalue weighted by molar-refractivity contribution is 6.14. The molecule has 0 aliphatic rings. The van der Waals surface area contributed by atoms with Gasteiger partial charge >= 0.3 is 11.9 Å². The molecule has 1 aromatic carbocycles. The van der Waals surface area contributed by atoms with Crippen molar-refractivity contribution in [2.24, 2.45) is 0 Å². The van der Waals surface area contributed by atoms with Gasteiger partial charge in [-0.05, 0) is 32.9 Å². The molecule has 120 valence electrons. The van der Waals surface area contributed by atoms with E-state index in [9.17, 15) is 18.4 Å². The number of hydrogen-bond acceptors (Lipinski definition) is 5. The molecule has 5 nitrogen and oxygen atoms in total. The summed E-state index contributed by atoms with van der Waals surface area (Å²) in [4.78, 5) is 23.4. The van der Waals surface area contributed by atoms with Crippen LogP contribution in [0.5, 0.6) is 0 Å². The van der Waals surface area contributed by atoms with Gasteiger partial charge < -0.3 is 14.8 Å². The lowest BCUT2D eigenvalue weighted by Gasteiger charge is -2.09. The van der Waals surface area contributed by atoms with E-state index in [0.717, 1.165) is 18.3 Å². The van der Waals surface area contributed by atoms with Crippen LogP contribution in [-0.4, -0.2) is 25.2 Å². The van der Waals surface area contributed by atoms with E-state index in [1.54, 1.807) is 13.8 Å². The number of esters is 2. The molecule has 22 heavy (non-hydrogen) atoms. The Labute approximate surface area is 126 Å². The van der Waals surface area contributed by atoms with Crippen molar-refractivity contribution in [1.82, 2.24) is 0 Å². The molecule has 1 N–H and O–H groups in total. The molecule has 1 aromatic rings. The number of halogens is 2. The van der Waals surface area contributed by atoms with Gasteiger partial charge in [0.25, 0.3) is 0 Å². The topological polar surface area (TPSA) is 64.6 Å². The average molecular weight is 313 g/mol. The summed E-state index contributed by atoms with van der Waals surface area (Å²) >= 11 is 0. The van der Waals surface area contributed by atoms with Crippen LogP contribution in [0.2, 0.25) is 0 Å². The third-order valence-corrected chi connectivity index (χ3v) is 2.68. The number of carbonyl (C=O) groups excluding carboxylic acids is 2. The Balaban J connectivity index is 3.05. The number of rotatable bonds is 6. The second-order valence-electron chi connectivity index (χ2n) is 4.18. The molecule has 0 saturated carbocycles. The summed E-state index contributed by atoms with van der Waals surface area (Å²) in [6, 6.07) is 2.23. The zero-order chi connectivity index (χ0) is 16.7. The quantitative estimate of drug-likeness (QED) is 0.378. The van der Waals surface area contributed by atoms with Crippen LogP contribution >= 0.6 is 0 Å². The predicted molar refractivity (Wildman–Crippen MR) is 76.1 cm³/mol. The highest BCUT2D eigenvalue weighted by Gasteiger charge is 2.21. The molecule has 0 aromatic heterocycles. The standard InChI is InChI=1S/C15H17F2NO4/c1-4-21-14(19)10(15(20)22-5-2)8-18-12-7-6-11(16)9(3)13(12)17/h6-8,18H,4-5H2,1-3H3. The first-order valence-electron chi connectivity index (χ1n) is 6.67. The third kappa shape index (κ3) is 4.28. The van der Waals surface area contributed by atoms with Crippen LogP contribution in [-0.2, 0) is 19.1 Å². The second kappa shape index (κ2) is 8.11. The maximum atomic E-state index is 13.8. The Morgan fingerprint density at radius 1 is 1.14 bits per heavy atom. The van der Waals surface area contributed by atoms with Gasteiger partial charge in [0, 0.05) is 11.8 Å². The van der Waals surface area contributed by atoms with Gasteiger partial charge in [-0.25, -0.2) is 18.4 Å². The lowest BCUT2D eigenvalue weighted by atomic mass is 10.2. The minimum atomic E-state index is -0.896. The summed E-state index contributed by atoms with van der Waals surface area (Å²) in [5, 5.41) is 2.45. The summed E-state index contributed by atoms with van der Waals surface area (Å²) in [6.45, 7) is 4.57. The van der Waals surface area contributed by atoms with Gasteiger partial charge in [0.1, 0.15) is 5.82 Å². The fourth-order valence-corrected chi connectivity index (χ4v) is 1.54. The largest absolute Gasteiger partial charge is 0.462 e. The molecule has 0 atom stereocenters. The molecule has 1 rings (SSSR count). The molecule has 0 aliphatic carbocycles. The van der Waals surface area contributed by atoms with Crippen LogP contribution in [0.4, 0.5) is 14.5 Å². The Morgan fingerprint density at radius 3 is 2.18 bits per heavy atom. The summed E-state index contributed by atoms with van der Waals surface area (Å²) < 4.78 is 36.5. The molecule has 0 bridgehead atoms. The fourth-order valence-electron chi connectivity index (χ4n) is 1.54. The number of ether oxygens (including phenoxy) is 2. The molecule has 0 amide bonds. The smallest absolute Gasteiger partial charge is 0.347 e. The lowest BCUT2D eigenvalue weighted by Crippen LogP contribution is -2.19. The predicted octanol–water partition coefficient (Wildman–Crippen LogP) is 2.70. The Kier molecular flexibility index (Phi) is 6.49. The molecule has 0 fully saturated rings. The van der Waals surface area contributed by atoms with E-state index in [-0.39, 0.29) is 24.5 Å². The van der Waals surface area contributed by atoms with Gasteiger partial charge in [0.15, 0.2) is 11.4 Å². The molecular weight excluding hydrogens is 296 g/mol. The summed E-state index contributed by atoms with van der Waals surface area (Å²) in [6.07, 6.45) is 0.978. The first-order chi connectivity index (χ1) is 10.4. The van der Waals surface area contributed by atoms with E-state index in [4.69, 9.17) is 9.47 Å². The molecule has 0 aliphatic heterocycles. The van der Waals surface area contributed by atoms with E-state index in [1.807, 2.05) is 0 Å². The van der Waals surface area contributed by atoms with Crippen molar-refractivity contribution in [2.75, 3.05) is 18.5 Å². The zero-order valence-corrected chi connectivity index (χ0v) is 12.5. The summed E-state index contributed by atoms with van der Waals surface area (Å²) in [7, 11) is 0. The molecule has 0 saturated heterocycles. The van der Waals surface area contributed by atoms with Crippen LogP contribution in [0.3, 0.4) is 0 Å². The summed E-state index contributed by atoms with van der Waals surface area (Å²) in [5.74, 6) is -3.30. The molecule has 0 unspecified atom stereocenters. The van der Waals surface area contributed by atoms with Gasteiger partial charge in [-0.15, -0.1) is 0 Å². The molecular formula is C15H17F2NO4. The first-order valence-corrected chi connectivity index (χ1v) is 6.67. The average Bonchev–Trinajstić information content (AvgIpc) is 2.48. The maximum Gasteiger partial charge on any atom is 0.347 e. The van der Waals surface area contributed by atoms with Gasteiger partial charge in [0.05, 0.1) is 18.9 Å². The number of anilines is 1. The van der Waals surface area contributed by atoms with E-state index in [1.165, 1.54) is 6.92 Å². The van der Waals surface area contributed by atoms with Crippen molar-refractivity contribution < 1.29 is 27.8 Å². The van der Waals surface area contributed by atoms with E-state index in [0.29, 0.717) is 0 Å². The van der Waals surface area contributed by atoms with Gasteiger partial charge in [-0.2, -0.15) is 0 Å². The molecule has 0 heterocycles. The van der Waals surface area contributed by atoms with Crippen LogP contribution in [0.1, 0.15) is 19.4 Å². The molecule has 7 heteroatoms. The minimum Gasteiger partial charge on any atom is -0.462 e. The molecule has 0 spiro atoms. The van der Waals surface area contributed by atoms with Gasteiger partial charge in [-0.1, -0.05) is 0 Å². The summed E-state index contributed by atoms with van der Waals surface area (Å²) in [5.41, 5.74) is -0.665. The Morgan fingerprint density at radius 2 is 1.68 bits per heavy atom. The van der Waals surface area contributed by atoms with E-state index in [2.05, 4.69) is 5.32 Å². The lowest BCUT2D eigenvalue weighted by molar-refractivity contribution is -0.146. The van der Waals surface area contributed by atoms with Crippen LogP contribution in [0.15, 0.2) is 23.9 Å². The Bertz CT molecular complexity index is 579. The first kappa shape index (κ1) is 17.6. The second-order valence-corrected chi connectivity index (χ2v) is 4.18. The van der Waals surface area contributed by atoms with Crippen LogP contribution < -0.4 is 5.32 Å². The van der Waals surface area contributed by atoms with Crippen LogP contribution in [0, 0.1) is 18.6 Å². The van der Waals surface area contributed by atoms with Crippen molar-refractivity contribution in [3.8, 4) is 0 Å². The van der Waals surface area contributed by atoms with Gasteiger partial charge in [0.2, 0.25) is 0 Å². The third-order valence-electron chi connectivity index (χ3n) is 2.68. The van der Waals surface area contributed by atoms with Crippen molar-refractivity contribution >= 4 is 17.6 Å². The highest BCUT2D eigenvalue weighted by atomic mass is 19.1. The number of hydrogen-bond donors (Lipinski definition) is 1.